The maximum absolute atomic E-state index is 10.4. The third kappa shape index (κ3) is 2.77. The lowest BCUT2D eigenvalue weighted by atomic mass is 10.1. The highest BCUT2D eigenvalue weighted by Gasteiger charge is 2.28. The second-order valence-corrected chi connectivity index (χ2v) is 5.01. The zero-order valence-corrected chi connectivity index (χ0v) is 11.3. The largest absolute Gasteiger partial charge is 0.346 e. The van der Waals surface area contributed by atoms with E-state index in [1.165, 1.54) is 0 Å². The van der Waals surface area contributed by atoms with Crippen LogP contribution in [0, 0.1) is 0 Å². The minimum atomic E-state index is 0.442. The molecule has 1 heteroatoms. The fourth-order valence-electron chi connectivity index (χ4n) is 2.49. The van der Waals surface area contributed by atoms with Gasteiger partial charge in [-0.25, -0.2) is 0 Å². The Labute approximate surface area is 119 Å². The van der Waals surface area contributed by atoms with Gasteiger partial charge in [0.05, 0.1) is 11.1 Å². The predicted molar refractivity (Wildman–Crippen MR) is 85.0 cm³/mol. The lowest BCUT2D eigenvalue weighted by Gasteiger charge is -1.94. The molecule has 2 aromatic rings. The Kier molecular flexibility index (Phi) is 3.60. The number of rotatable bonds is 2. The van der Waals surface area contributed by atoms with Crippen LogP contribution in [0.3, 0.4) is 0 Å². The molecular formula is C19H17O+. The first-order valence-electron chi connectivity index (χ1n) is 6.91. The van der Waals surface area contributed by atoms with Crippen molar-refractivity contribution in [3.05, 3.63) is 82.9 Å². The Hall–Kier alpha value is -2.41. The monoisotopic (exact) mass is 261 g/mol. The Morgan fingerprint density at radius 2 is 1.05 bits per heavy atom. The van der Waals surface area contributed by atoms with Crippen LogP contribution in [0.15, 0.2) is 71.8 Å². The highest BCUT2D eigenvalue weighted by molar-refractivity contribution is 6.16. The van der Waals surface area contributed by atoms with Gasteiger partial charge in [0.2, 0.25) is 0 Å². The van der Waals surface area contributed by atoms with Gasteiger partial charge >= 0.3 is 5.78 Å². The number of carbonyl (C=O) groups excluding carboxylic acids is 1. The van der Waals surface area contributed by atoms with Crippen LogP contribution in [0.1, 0.15) is 24.0 Å². The molecule has 0 aliphatic heterocycles. The van der Waals surface area contributed by atoms with Gasteiger partial charge in [0.1, 0.15) is 0 Å². The Morgan fingerprint density at radius 3 is 1.45 bits per heavy atom. The fourth-order valence-corrected chi connectivity index (χ4v) is 2.49. The Morgan fingerprint density at radius 1 is 0.650 bits per heavy atom. The first kappa shape index (κ1) is 12.6. The van der Waals surface area contributed by atoms with E-state index in [1.807, 2.05) is 36.4 Å². The first-order chi connectivity index (χ1) is 9.83. The van der Waals surface area contributed by atoms with Crippen LogP contribution in [0.2, 0.25) is 0 Å². The summed E-state index contributed by atoms with van der Waals surface area (Å²) in [6.07, 6.45) is 5.95. The van der Waals surface area contributed by atoms with E-state index >= 15 is 0 Å². The van der Waals surface area contributed by atoms with Gasteiger partial charge in [-0.1, -0.05) is 60.7 Å². The summed E-state index contributed by atoms with van der Waals surface area (Å²) in [6, 6.07) is 20.3. The van der Waals surface area contributed by atoms with Crippen molar-refractivity contribution in [2.24, 2.45) is 0 Å². The third-order valence-corrected chi connectivity index (χ3v) is 3.55. The van der Waals surface area contributed by atoms with Crippen molar-refractivity contribution in [2.75, 3.05) is 0 Å². The van der Waals surface area contributed by atoms with Gasteiger partial charge in [0.25, 0.3) is 0 Å². The summed E-state index contributed by atoms with van der Waals surface area (Å²) in [4.78, 5) is 10.4. The van der Waals surface area contributed by atoms with Crippen molar-refractivity contribution in [3.63, 3.8) is 0 Å². The molecule has 98 valence electrons. The van der Waals surface area contributed by atoms with Gasteiger partial charge in [0.15, 0.2) is 0 Å². The molecule has 1 nitrogen and oxygen atoms in total. The molecule has 3 rings (SSSR count). The normalized spacial score (nSPS) is 18.9. The van der Waals surface area contributed by atoms with E-state index in [0.717, 1.165) is 35.1 Å². The molecule has 0 spiro atoms. The molecule has 2 aromatic carbocycles. The minimum absolute atomic E-state index is 0.442. The molecule has 1 saturated carbocycles. The van der Waals surface area contributed by atoms with Gasteiger partial charge in [-0.15, -0.1) is 0 Å². The molecule has 0 unspecified atom stereocenters. The van der Waals surface area contributed by atoms with Crippen LogP contribution in [0.5, 0.6) is 0 Å². The number of benzene rings is 2. The molecule has 20 heavy (non-hydrogen) atoms. The van der Waals surface area contributed by atoms with Crippen molar-refractivity contribution < 1.29 is 4.79 Å². The molecule has 0 bridgehead atoms. The minimum Gasteiger partial charge on any atom is -0.273 e. The average Bonchev–Trinajstić information content (AvgIpc) is 2.83. The van der Waals surface area contributed by atoms with E-state index in [0.29, 0.717) is 5.78 Å². The van der Waals surface area contributed by atoms with Gasteiger partial charge in [0, 0.05) is 0 Å². The summed E-state index contributed by atoms with van der Waals surface area (Å²) in [6.45, 7) is 0. The number of hydrogen-bond acceptors (Lipinski definition) is 0. The van der Waals surface area contributed by atoms with E-state index in [2.05, 4.69) is 36.4 Å². The second-order valence-electron chi connectivity index (χ2n) is 5.01. The van der Waals surface area contributed by atoms with Crippen molar-refractivity contribution in [1.82, 2.24) is 0 Å². The van der Waals surface area contributed by atoms with Crippen molar-refractivity contribution in [3.8, 4) is 0 Å². The van der Waals surface area contributed by atoms with E-state index in [9.17, 15) is 4.79 Å². The number of hydrogen-bond donors (Lipinski definition) is 0. The van der Waals surface area contributed by atoms with Gasteiger partial charge < -0.3 is 0 Å². The zero-order valence-electron chi connectivity index (χ0n) is 11.3. The molecule has 0 heterocycles. The predicted octanol–water partition coefficient (Wildman–Crippen LogP) is 4.49. The van der Waals surface area contributed by atoms with E-state index in [1.54, 1.807) is 0 Å². The Bertz CT molecular complexity index is 604. The molecule has 0 saturated heterocycles. The van der Waals surface area contributed by atoms with Crippen LogP contribution >= 0.6 is 0 Å². The van der Waals surface area contributed by atoms with Gasteiger partial charge in [-0.05, 0) is 36.1 Å². The van der Waals surface area contributed by atoms with Crippen molar-refractivity contribution >= 4 is 17.9 Å². The lowest BCUT2D eigenvalue weighted by Crippen LogP contribution is -1.96. The van der Waals surface area contributed by atoms with Crippen LogP contribution in [0.4, 0.5) is 0 Å². The van der Waals surface area contributed by atoms with Crippen molar-refractivity contribution in [2.45, 2.75) is 12.8 Å². The summed E-state index contributed by atoms with van der Waals surface area (Å²) < 4.78 is 0. The average molecular weight is 261 g/mol. The zero-order chi connectivity index (χ0) is 13.8. The lowest BCUT2D eigenvalue weighted by molar-refractivity contribution is 0.680. The fraction of sp³-hybridized carbons (Fsp3) is 0.105. The number of allylic oxidation sites excluding steroid dienone is 2. The molecule has 1 aliphatic carbocycles. The molecule has 1 aliphatic rings. The standard InChI is InChI=1S/C19H16O/c20-19-17(13-15-7-3-1-4-8-15)11-12-18(19)14-16-9-5-2-6-10-16/h1-10,13-14H,11-12H2/p+1/b17-13-,18-14+. The molecule has 1 N–H and O–H groups in total. The second kappa shape index (κ2) is 5.70. The maximum atomic E-state index is 10.4. The van der Waals surface area contributed by atoms with E-state index in [4.69, 9.17) is 0 Å². The molecule has 0 amide bonds. The topological polar surface area (TPSA) is 21.4 Å². The van der Waals surface area contributed by atoms with E-state index in [-0.39, 0.29) is 0 Å². The summed E-state index contributed by atoms with van der Waals surface area (Å²) >= 11 is 0. The molecular weight excluding hydrogens is 244 g/mol. The SMILES string of the molecule is [OH+]=C1/C(=C\c2ccccc2)CC/C1=C\c1ccccc1. The molecule has 1 fully saturated rings. The molecule has 0 atom stereocenters. The van der Waals surface area contributed by atoms with Gasteiger partial charge in [-0.3, -0.25) is 4.79 Å². The Balaban J connectivity index is 1.85. The van der Waals surface area contributed by atoms with Gasteiger partial charge in [-0.2, -0.15) is 0 Å². The van der Waals surface area contributed by atoms with Crippen LogP contribution in [0.25, 0.3) is 12.2 Å². The van der Waals surface area contributed by atoms with Crippen molar-refractivity contribution in [1.29, 1.82) is 0 Å². The summed E-state index contributed by atoms with van der Waals surface area (Å²) in [7, 11) is 0. The summed E-state index contributed by atoms with van der Waals surface area (Å²) in [5, 5.41) is 0. The first-order valence-corrected chi connectivity index (χ1v) is 6.91. The number of ketones is 1. The quantitative estimate of drug-likeness (QED) is 0.561. The summed E-state index contributed by atoms with van der Waals surface area (Å²) in [5.41, 5.74) is 4.32. The molecule has 0 radical (unpaired) electrons. The van der Waals surface area contributed by atoms with Crippen LogP contribution < -0.4 is 0 Å². The highest BCUT2D eigenvalue weighted by atomic mass is 16.1. The van der Waals surface area contributed by atoms with E-state index < -0.39 is 0 Å². The van der Waals surface area contributed by atoms with Crippen LogP contribution in [-0.4, -0.2) is 10.6 Å². The highest BCUT2D eigenvalue weighted by Crippen LogP contribution is 2.29. The maximum Gasteiger partial charge on any atom is 0.346 e. The third-order valence-electron chi connectivity index (χ3n) is 3.55. The van der Waals surface area contributed by atoms with Crippen LogP contribution in [-0.2, 0) is 0 Å². The summed E-state index contributed by atoms with van der Waals surface area (Å²) in [5.74, 6) is 0.442. The smallest absolute Gasteiger partial charge is 0.273 e. The molecule has 0 aromatic heterocycles.